The Morgan fingerprint density at radius 2 is 2.13 bits per heavy atom. The highest BCUT2D eigenvalue weighted by Crippen LogP contribution is 2.21. The van der Waals surface area contributed by atoms with Crippen LogP contribution >= 0.6 is 11.3 Å². The van der Waals surface area contributed by atoms with Crippen molar-refractivity contribution in [2.24, 2.45) is 0 Å². The molecule has 2 rings (SSSR count). The fraction of sp³-hybridized carbons (Fsp3) is 0.615. The molecule has 0 spiro atoms. The van der Waals surface area contributed by atoms with E-state index in [4.69, 9.17) is 0 Å². The van der Waals surface area contributed by atoms with Gasteiger partial charge in [-0.05, 0) is 25.0 Å². The SMILES string of the molecule is CCc1ccc(S(=O)(=O)NCC(=O)N(C)C2CCS(=O)(=O)C2)s1. The minimum atomic E-state index is -3.72. The van der Waals surface area contributed by atoms with E-state index in [1.807, 2.05) is 6.92 Å². The minimum Gasteiger partial charge on any atom is -0.341 e. The van der Waals surface area contributed by atoms with Gasteiger partial charge in [-0.2, -0.15) is 0 Å². The first-order valence-corrected chi connectivity index (χ1v) is 11.3. The summed E-state index contributed by atoms with van der Waals surface area (Å²) in [6, 6.07) is 2.88. The molecule has 0 aromatic carbocycles. The zero-order chi connectivity index (χ0) is 17.3. The van der Waals surface area contributed by atoms with Crippen LogP contribution in [0.15, 0.2) is 16.3 Å². The highest BCUT2D eigenvalue weighted by atomic mass is 32.2. The highest BCUT2D eigenvalue weighted by Gasteiger charge is 2.33. The summed E-state index contributed by atoms with van der Waals surface area (Å²) in [5.41, 5.74) is 0. The number of sulfonamides is 1. The van der Waals surface area contributed by atoms with Gasteiger partial charge in [0.2, 0.25) is 5.91 Å². The first-order valence-electron chi connectivity index (χ1n) is 7.19. The van der Waals surface area contributed by atoms with E-state index in [1.54, 1.807) is 6.07 Å². The second-order valence-corrected chi connectivity index (χ2v) is 10.9. The fourth-order valence-electron chi connectivity index (χ4n) is 2.33. The second kappa shape index (κ2) is 6.88. The third-order valence-corrected chi connectivity index (χ3v) is 8.69. The number of nitrogens with one attached hydrogen (secondary N) is 1. The summed E-state index contributed by atoms with van der Waals surface area (Å²) >= 11 is 1.17. The number of likely N-dealkylation sites (N-methyl/N-ethyl adjacent to an activating group) is 1. The van der Waals surface area contributed by atoms with Gasteiger partial charge in [0.15, 0.2) is 9.84 Å². The molecule has 0 aliphatic carbocycles. The van der Waals surface area contributed by atoms with Crippen LogP contribution in [-0.4, -0.2) is 58.8 Å². The summed E-state index contributed by atoms with van der Waals surface area (Å²) in [4.78, 5) is 14.4. The maximum Gasteiger partial charge on any atom is 0.250 e. The van der Waals surface area contributed by atoms with Crippen molar-refractivity contribution in [2.75, 3.05) is 25.1 Å². The Kier molecular flexibility index (Phi) is 5.49. The summed E-state index contributed by atoms with van der Waals surface area (Å²) in [5, 5.41) is 0. The van der Waals surface area contributed by atoms with Gasteiger partial charge in [-0.15, -0.1) is 11.3 Å². The maximum absolute atomic E-state index is 12.1. The standard InChI is InChI=1S/C13H20N2O5S3/c1-3-11-4-5-13(21-11)23(19,20)14-8-12(16)15(2)10-6-7-22(17,18)9-10/h4-5,10,14H,3,6-9H2,1-2H3. The summed E-state index contributed by atoms with van der Waals surface area (Å²) in [5.74, 6) is -0.439. The first-order chi connectivity index (χ1) is 10.6. The normalized spacial score (nSPS) is 20.5. The van der Waals surface area contributed by atoms with Crippen LogP contribution in [0.25, 0.3) is 0 Å². The molecule has 1 saturated heterocycles. The van der Waals surface area contributed by atoms with E-state index in [0.717, 1.165) is 11.3 Å². The Bertz CT molecular complexity index is 782. The number of thiophene rings is 1. The maximum atomic E-state index is 12.1. The van der Waals surface area contributed by atoms with Crippen molar-refractivity contribution in [3.05, 3.63) is 17.0 Å². The number of rotatable bonds is 6. The summed E-state index contributed by atoms with van der Waals surface area (Å²) in [6.45, 7) is 1.55. The van der Waals surface area contributed by atoms with Gasteiger partial charge in [-0.25, -0.2) is 21.6 Å². The van der Waals surface area contributed by atoms with Gasteiger partial charge in [0, 0.05) is 18.0 Å². The molecule has 1 N–H and O–H groups in total. The van der Waals surface area contributed by atoms with Crippen LogP contribution in [0.1, 0.15) is 18.2 Å². The molecule has 0 saturated carbocycles. The van der Waals surface area contributed by atoms with Gasteiger partial charge in [0.25, 0.3) is 10.0 Å². The molecule has 0 radical (unpaired) electrons. The summed E-state index contributed by atoms with van der Waals surface area (Å²) in [6.07, 6.45) is 1.14. The number of hydrogen-bond acceptors (Lipinski definition) is 6. The van der Waals surface area contributed by atoms with E-state index in [1.165, 1.54) is 29.4 Å². The lowest BCUT2D eigenvalue weighted by atomic mass is 10.2. The van der Waals surface area contributed by atoms with Gasteiger partial charge >= 0.3 is 0 Å². The Balaban J connectivity index is 1.95. The number of aryl methyl sites for hydroxylation is 1. The third-order valence-electron chi connectivity index (χ3n) is 3.81. The van der Waals surface area contributed by atoms with Crippen LogP contribution < -0.4 is 4.72 Å². The predicted molar refractivity (Wildman–Crippen MR) is 88.7 cm³/mol. The highest BCUT2D eigenvalue weighted by molar-refractivity contribution is 7.92. The van der Waals surface area contributed by atoms with Gasteiger partial charge in [-0.3, -0.25) is 4.79 Å². The third kappa shape index (κ3) is 4.52. The number of hydrogen-bond donors (Lipinski definition) is 1. The molecule has 1 aliphatic heterocycles. The fourth-order valence-corrected chi connectivity index (χ4v) is 6.42. The number of nitrogens with zero attached hydrogens (tertiary/aromatic N) is 1. The molecule has 1 aromatic rings. The molecular weight excluding hydrogens is 360 g/mol. The Morgan fingerprint density at radius 1 is 1.43 bits per heavy atom. The molecule has 130 valence electrons. The zero-order valence-corrected chi connectivity index (χ0v) is 15.4. The lowest BCUT2D eigenvalue weighted by Gasteiger charge is -2.23. The molecule has 1 atom stereocenters. The Labute approximate surface area is 140 Å². The predicted octanol–water partition coefficient (Wildman–Crippen LogP) is 0.234. The summed E-state index contributed by atoms with van der Waals surface area (Å²) < 4.78 is 49.7. The van der Waals surface area contributed by atoms with Crippen LogP contribution in [-0.2, 0) is 31.1 Å². The molecule has 1 unspecified atom stereocenters. The van der Waals surface area contributed by atoms with Crippen molar-refractivity contribution in [2.45, 2.75) is 30.0 Å². The number of carbonyl (C=O) groups excluding carboxylic acids is 1. The van der Waals surface area contributed by atoms with E-state index >= 15 is 0 Å². The quantitative estimate of drug-likeness (QED) is 0.762. The smallest absolute Gasteiger partial charge is 0.250 e. The van der Waals surface area contributed by atoms with Crippen molar-refractivity contribution < 1.29 is 21.6 Å². The van der Waals surface area contributed by atoms with Crippen LogP contribution in [0.4, 0.5) is 0 Å². The molecule has 0 bridgehead atoms. The molecule has 7 nitrogen and oxygen atoms in total. The van der Waals surface area contributed by atoms with E-state index in [9.17, 15) is 21.6 Å². The molecule has 1 aromatic heterocycles. The van der Waals surface area contributed by atoms with Crippen LogP contribution in [0.3, 0.4) is 0 Å². The molecule has 1 aliphatic rings. The van der Waals surface area contributed by atoms with Gasteiger partial charge in [0.1, 0.15) is 4.21 Å². The monoisotopic (exact) mass is 380 g/mol. The second-order valence-electron chi connectivity index (χ2n) is 5.46. The Morgan fingerprint density at radius 3 is 2.65 bits per heavy atom. The first kappa shape index (κ1) is 18.4. The largest absolute Gasteiger partial charge is 0.341 e. The van der Waals surface area contributed by atoms with E-state index in [0.29, 0.717) is 6.42 Å². The van der Waals surface area contributed by atoms with Crippen molar-refractivity contribution in [3.8, 4) is 0 Å². The van der Waals surface area contributed by atoms with E-state index in [-0.39, 0.29) is 28.3 Å². The van der Waals surface area contributed by atoms with Crippen molar-refractivity contribution in [3.63, 3.8) is 0 Å². The molecule has 1 fully saturated rings. The molecule has 2 heterocycles. The van der Waals surface area contributed by atoms with E-state index < -0.39 is 25.8 Å². The lowest BCUT2D eigenvalue weighted by Crippen LogP contribution is -2.43. The van der Waals surface area contributed by atoms with Crippen molar-refractivity contribution >= 4 is 37.1 Å². The average molecular weight is 381 g/mol. The lowest BCUT2D eigenvalue weighted by molar-refractivity contribution is -0.130. The van der Waals surface area contributed by atoms with E-state index in [2.05, 4.69) is 4.72 Å². The van der Waals surface area contributed by atoms with Gasteiger partial charge in [-0.1, -0.05) is 6.92 Å². The average Bonchev–Trinajstić information content (AvgIpc) is 3.10. The number of carbonyl (C=O) groups is 1. The topological polar surface area (TPSA) is 101 Å². The molecule has 10 heteroatoms. The van der Waals surface area contributed by atoms with Crippen LogP contribution in [0.2, 0.25) is 0 Å². The number of amides is 1. The summed E-state index contributed by atoms with van der Waals surface area (Å²) in [7, 11) is -5.31. The van der Waals surface area contributed by atoms with Gasteiger partial charge < -0.3 is 4.90 Å². The zero-order valence-electron chi connectivity index (χ0n) is 13.0. The van der Waals surface area contributed by atoms with Crippen LogP contribution in [0, 0.1) is 0 Å². The van der Waals surface area contributed by atoms with Gasteiger partial charge in [0.05, 0.1) is 18.1 Å². The Hall–Kier alpha value is -0.970. The number of sulfone groups is 1. The molecular formula is C13H20N2O5S3. The van der Waals surface area contributed by atoms with Crippen molar-refractivity contribution in [1.82, 2.24) is 9.62 Å². The van der Waals surface area contributed by atoms with Crippen molar-refractivity contribution in [1.29, 1.82) is 0 Å². The van der Waals surface area contributed by atoms with Crippen LogP contribution in [0.5, 0.6) is 0 Å². The molecule has 23 heavy (non-hydrogen) atoms. The molecule has 1 amide bonds. The minimum absolute atomic E-state index is 0.0627.